The minimum absolute atomic E-state index is 0.155. The summed E-state index contributed by atoms with van der Waals surface area (Å²) >= 11 is 1.30. The Kier molecular flexibility index (Phi) is 4.53. The zero-order valence-electron chi connectivity index (χ0n) is 11.1. The summed E-state index contributed by atoms with van der Waals surface area (Å²) < 4.78 is 10.5. The summed E-state index contributed by atoms with van der Waals surface area (Å²) in [6.07, 6.45) is 0. The fourth-order valence-electron chi connectivity index (χ4n) is 1.71. The van der Waals surface area contributed by atoms with Gasteiger partial charge in [0.25, 0.3) is 0 Å². The molecule has 0 bridgehead atoms. The van der Waals surface area contributed by atoms with Gasteiger partial charge < -0.3 is 19.4 Å². The van der Waals surface area contributed by atoms with Gasteiger partial charge in [0.1, 0.15) is 11.5 Å². The maximum Gasteiger partial charge on any atom is 0.133 e. The maximum atomic E-state index is 11.1. The number of ether oxygens (including phenoxy) is 2. The molecule has 2 rings (SSSR count). The molecule has 104 valence electrons. The van der Waals surface area contributed by atoms with Crippen LogP contribution >= 0.6 is 11.8 Å². The van der Waals surface area contributed by atoms with Gasteiger partial charge in [-0.1, -0.05) is 30.0 Å². The van der Waals surface area contributed by atoms with E-state index >= 15 is 0 Å². The van der Waals surface area contributed by atoms with E-state index in [1.54, 1.807) is 50.6 Å². The van der Waals surface area contributed by atoms with Crippen molar-refractivity contribution in [1.29, 1.82) is 0 Å². The summed E-state index contributed by atoms with van der Waals surface area (Å²) in [5, 5.41) is 11.1. The molecule has 0 spiro atoms. The van der Waals surface area contributed by atoms with Gasteiger partial charge in [-0.2, -0.15) is 0 Å². The SMILES string of the molecule is COc1ccc(OC)c(Sc2ccccc2C(=O)[O-])c1. The Balaban J connectivity index is 2.41. The molecule has 0 aliphatic carbocycles. The summed E-state index contributed by atoms with van der Waals surface area (Å²) in [4.78, 5) is 12.5. The van der Waals surface area contributed by atoms with E-state index in [-0.39, 0.29) is 5.56 Å². The maximum absolute atomic E-state index is 11.1. The molecular formula is C15H13O4S-. The van der Waals surface area contributed by atoms with Crippen LogP contribution in [0.4, 0.5) is 0 Å². The Morgan fingerprint density at radius 3 is 2.45 bits per heavy atom. The van der Waals surface area contributed by atoms with Crippen molar-refractivity contribution in [2.75, 3.05) is 14.2 Å². The number of benzene rings is 2. The Morgan fingerprint density at radius 1 is 1.05 bits per heavy atom. The van der Waals surface area contributed by atoms with E-state index in [0.29, 0.717) is 16.4 Å². The number of carboxylic acids is 1. The van der Waals surface area contributed by atoms with Crippen LogP contribution in [0.5, 0.6) is 11.5 Å². The van der Waals surface area contributed by atoms with Gasteiger partial charge in [0.2, 0.25) is 0 Å². The van der Waals surface area contributed by atoms with Gasteiger partial charge in [0.15, 0.2) is 0 Å². The molecule has 0 aliphatic rings. The highest BCUT2D eigenvalue weighted by atomic mass is 32.2. The molecule has 0 heterocycles. The minimum atomic E-state index is -1.20. The lowest BCUT2D eigenvalue weighted by atomic mass is 10.2. The Labute approximate surface area is 121 Å². The molecule has 5 heteroatoms. The summed E-state index contributed by atoms with van der Waals surface area (Å²) in [6, 6.07) is 12.1. The van der Waals surface area contributed by atoms with Gasteiger partial charge in [-0.15, -0.1) is 0 Å². The van der Waals surface area contributed by atoms with Crippen LogP contribution in [0.3, 0.4) is 0 Å². The van der Waals surface area contributed by atoms with Crippen molar-refractivity contribution in [1.82, 2.24) is 0 Å². The molecule has 0 aliphatic heterocycles. The van der Waals surface area contributed by atoms with E-state index in [9.17, 15) is 9.90 Å². The lowest BCUT2D eigenvalue weighted by molar-refractivity contribution is -0.255. The standard InChI is InChI=1S/C15H14O4S/c1-18-10-7-8-12(19-2)14(9-10)20-13-6-4-3-5-11(13)15(16)17/h3-9H,1-2H3,(H,16,17)/p-1. The lowest BCUT2D eigenvalue weighted by Gasteiger charge is -2.13. The van der Waals surface area contributed by atoms with Crippen molar-refractivity contribution in [3.8, 4) is 11.5 Å². The summed E-state index contributed by atoms with van der Waals surface area (Å²) in [6.45, 7) is 0. The third-order valence-corrected chi connectivity index (χ3v) is 3.81. The van der Waals surface area contributed by atoms with Crippen molar-refractivity contribution in [3.63, 3.8) is 0 Å². The molecule has 0 N–H and O–H groups in total. The van der Waals surface area contributed by atoms with Gasteiger partial charge in [0, 0.05) is 10.5 Å². The number of hydrogen-bond acceptors (Lipinski definition) is 5. The number of carboxylic acid groups (broad SMARTS) is 1. The van der Waals surface area contributed by atoms with Crippen LogP contribution in [0.2, 0.25) is 0 Å². The van der Waals surface area contributed by atoms with Crippen LogP contribution in [0.1, 0.15) is 10.4 Å². The molecule has 20 heavy (non-hydrogen) atoms. The molecule has 2 aromatic carbocycles. The Hall–Kier alpha value is -2.14. The van der Waals surface area contributed by atoms with E-state index in [1.807, 2.05) is 0 Å². The number of carbonyl (C=O) groups excluding carboxylic acids is 1. The summed E-state index contributed by atoms with van der Waals surface area (Å²) in [5.41, 5.74) is 0.155. The lowest BCUT2D eigenvalue weighted by Crippen LogP contribution is -2.22. The normalized spacial score (nSPS) is 10.1. The number of aromatic carboxylic acids is 1. The quantitative estimate of drug-likeness (QED) is 0.844. The number of hydrogen-bond donors (Lipinski definition) is 0. The van der Waals surface area contributed by atoms with Crippen molar-refractivity contribution in [2.24, 2.45) is 0 Å². The molecule has 0 saturated heterocycles. The van der Waals surface area contributed by atoms with E-state index < -0.39 is 5.97 Å². The minimum Gasteiger partial charge on any atom is -0.545 e. The summed E-state index contributed by atoms with van der Waals surface area (Å²) in [5.74, 6) is 0.137. The van der Waals surface area contributed by atoms with Gasteiger partial charge in [-0.05, 0) is 24.3 Å². The first-order valence-corrected chi connectivity index (χ1v) is 6.67. The zero-order chi connectivity index (χ0) is 14.5. The van der Waals surface area contributed by atoms with Crippen molar-refractivity contribution < 1.29 is 19.4 Å². The topological polar surface area (TPSA) is 58.6 Å². The van der Waals surface area contributed by atoms with Crippen molar-refractivity contribution >= 4 is 17.7 Å². The fraction of sp³-hybridized carbons (Fsp3) is 0.133. The van der Waals surface area contributed by atoms with Crippen LogP contribution < -0.4 is 14.6 Å². The summed E-state index contributed by atoms with van der Waals surface area (Å²) in [7, 11) is 3.14. The highest BCUT2D eigenvalue weighted by molar-refractivity contribution is 7.99. The van der Waals surface area contributed by atoms with Crippen LogP contribution in [0.25, 0.3) is 0 Å². The third kappa shape index (κ3) is 3.05. The zero-order valence-corrected chi connectivity index (χ0v) is 11.9. The molecule has 0 atom stereocenters. The van der Waals surface area contributed by atoms with Crippen molar-refractivity contribution in [3.05, 3.63) is 48.0 Å². The number of rotatable bonds is 5. The smallest absolute Gasteiger partial charge is 0.133 e. The Bertz CT molecular complexity index is 625. The average molecular weight is 289 g/mol. The van der Waals surface area contributed by atoms with Gasteiger partial charge in [-0.3, -0.25) is 0 Å². The highest BCUT2D eigenvalue weighted by Gasteiger charge is 2.10. The third-order valence-electron chi connectivity index (χ3n) is 2.70. The number of carbonyl (C=O) groups is 1. The molecule has 0 aromatic heterocycles. The van der Waals surface area contributed by atoms with Crippen LogP contribution in [0, 0.1) is 0 Å². The van der Waals surface area contributed by atoms with E-state index in [1.165, 1.54) is 17.8 Å². The van der Waals surface area contributed by atoms with Crippen LogP contribution in [-0.4, -0.2) is 20.2 Å². The fourth-order valence-corrected chi connectivity index (χ4v) is 2.78. The van der Waals surface area contributed by atoms with Gasteiger partial charge in [0.05, 0.1) is 25.1 Å². The van der Waals surface area contributed by atoms with Crippen molar-refractivity contribution in [2.45, 2.75) is 9.79 Å². The second-order valence-corrected chi connectivity index (χ2v) is 4.99. The first kappa shape index (κ1) is 14.3. The highest BCUT2D eigenvalue weighted by Crippen LogP contribution is 2.38. The Morgan fingerprint density at radius 2 is 1.80 bits per heavy atom. The predicted molar refractivity (Wildman–Crippen MR) is 74.4 cm³/mol. The monoisotopic (exact) mass is 289 g/mol. The molecule has 0 unspecified atom stereocenters. The molecular weight excluding hydrogens is 276 g/mol. The van der Waals surface area contributed by atoms with E-state index in [0.717, 1.165) is 4.90 Å². The van der Waals surface area contributed by atoms with Gasteiger partial charge >= 0.3 is 0 Å². The second kappa shape index (κ2) is 6.34. The van der Waals surface area contributed by atoms with Gasteiger partial charge in [-0.25, -0.2) is 0 Å². The van der Waals surface area contributed by atoms with Crippen LogP contribution in [0.15, 0.2) is 52.3 Å². The molecule has 0 fully saturated rings. The predicted octanol–water partition coefficient (Wildman–Crippen LogP) is 2.22. The molecule has 2 aromatic rings. The van der Waals surface area contributed by atoms with E-state index in [2.05, 4.69) is 0 Å². The van der Waals surface area contributed by atoms with Crippen LogP contribution in [-0.2, 0) is 0 Å². The molecule has 0 amide bonds. The number of methoxy groups -OCH3 is 2. The average Bonchev–Trinajstić information content (AvgIpc) is 2.47. The second-order valence-electron chi connectivity index (χ2n) is 3.90. The molecule has 0 saturated carbocycles. The first-order valence-electron chi connectivity index (χ1n) is 5.86. The first-order chi connectivity index (χ1) is 9.65. The molecule has 4 nitrogen and oxygen atoms in total. The molecule has 0 radical (unpaired) electrons. The van der Waals surface area contributed by atoms with E-state index in [4.69, 9.17) is 9.47 Å². The largest absolute Gasteiger partial charge is 0.545 e.